The van der Waals surface area contributed by atoms with Gasteiger partial charge in [0, 0.05) is 24.8 Å². The first-order valence-corrected chi connectivity index (χ1v) is 15.3. The number of amides is 4. The lowest BCUT2D eigenvalue weighted by molar-refractivity contribution is -0.139. The summed E-state index contributed by atoms with van der Waals surface area (Å²) < 4.78 is 0. The molecule has 2 aliphatic heterocycles. The van der Waals surface area contributed by atoms with Crippen LogP contribution in [0.25, 0.3) is 0 Å². The van der Waals surface area contributed by atoms with Crippen molar-refractivity contribution in [3.05, 3.63) is 70.1 Å². The summed E-state index contributed by atoms with van der Waals surface area (Å²) in [5.74, 6) is -1.11. The van der Waals surface area contributed by atoms with Crippen molar-refractivity contribution in [1.82, 2.24) is 15.1 Å². The molecule has 2 aromatic carbocycles. The van der Waals surface area contributed by atoms with Crippen LogP contribution in [0.1, 0.15) is 60.9 Å². The molecule has 4 amide bonds. The molecule has 42 heavy (non-hydrogen) atoms. The first-order chi connectivity index (χ1) is 20.2. The molecule has 0 unspecified atom stereocenters. The van der Waals surface area contributed by atoms with Crippen LogP contribution >= 0.6 is 23.2 Å². The molecule has 1 saturated carbocycles. The molecule has 2 heterocycles. The molecule has 1 radical (unpaired) electrons. The van der Waals surface area contributed by atoms with E-state index in [1.54, 1.807) is 15.9 Å². The Hall–Kier alpha value is -3.30. The van der Waals surface area contributed by atoms with Crippen molar-refractivity contribution in [3.63, 3.8) is 0 Å². The minimum absolute atomic E-state index is 0.0198. The van der Waals surface area contributed by atoms with E-state index < -0.39 is 11.4 Å². The topological polar surface area (TPSA) is 116 Å². The maximum atomic E-state index is 14.0. The van der Waals surface area contributed by atoms with Gasteiger partial charge in [0.2, 0.25) is 11.8 Å². The highest BCUT2D eigenvalue weighted by Crippen LogP contribution is 2.39. The van der Waals surface area contributed by atoms with Crippen LogP contribution in [-0.2, 0) is 20.8 Å². The lowest BCUT2D eigenvalue weighted by atomic mass is 9.85. The van der Waals surface area contributed by atoms with Crippen molar-refractivity contribution in [2.75, 3.05) is 31.2 Å². The summed E-state index contributed by atoms with van der Waals surface area (Å²) in [5.41, 5.74) is 6.09. The summed E-state index contributed by atoms with van der Waals surface area (Å²) in [4.78, 5) is 57.2. The van der Waals surface area contributed by atoms with Gasteiger partial charge in [-0.2, -0.15) is 0 Å². The first kappa shape index (κ1) is 30.2. The summed E-state index contributed by atoms with van der Waals surface area (Å²) >= 11 is 12.4. The van der Waals surface area contributed by atoms with E-state index in [0.717, 1.165) is 31.4 Å². The Morgan fingerprint density at radius 1 is 1.00 bits per heavy atom. The zero-order valence-corrected chi connectivity index (χ0v) is 25.0. The van der Waals surface area contributed by atoms with Gasteiger partial charge in [0.05, 0.1) is 28.7 Å². The average molecular weight is 614 g/mol. The van der Waals surface area contributed by atoms with Crippen LogP contribution in [0.5, 0.6) is 0 Å². The number of piperidine rings is 1. The molecule has 3 aliphatic rings. The van der Waals surface area contributed by atoms with E-state index in [1.165, 1.54) is 18.9 Å². The molecule has 0 atom stereocenters. The number of hydrogen-bond donors (Lipinski definition) is 2. The smallest absolute Gasteiger partial charge is 0.251 e. The third kappa shape index (κ3) is 6.22. The van der Waals surface area contributed by atoms with Gasteiger partial charge < -0.3 is 25.8 Å². The lowest BCUT2D eigenvalue weighted by Crippen LogP contribution is -2.57. The molecular formula is C31H36Cl2N5O4. The van der Waals surface area contributed by atoms with Crippen molar-refractivity contribution in [1.29, 1.82) is 0 Å². The number of rotatable bonds is 8. The van der Waals surface area contributed by atoms with Crippen molar-refractivity contribution in [3.8, 4) is 0 Å². The third-order valence-corrected chi connectivity index (χ3v) is 9.45. The highest BCUT2D eigenvalue weighted by molar-refractivity contribution is 6.40. The predicted octanol–water partition coefficient (Wildman–Crippen LogP) is 3.96. The van der Waals surface area contributed by atoms with E-state index in [4.69, 9.17) is 28.9 Å². The van der Waals surface area contributed by atoms with Crippen molar-refractivity contribution in [2.45, 2.75) is 62.9 Å². The van der Waals surface area contributed by atoms with E-state index in [-0.39, 0.29) is 52.3 Å². The number of nitrogens with zero attached hydrogens (tertiary/aromatic N) is 3. The number of benzene rings is 2. The van der Waals surface area contributed by atoms with Gasteiger partial charge in [-0.05, 0) is 55.9 Å². The van der Waals surface area contributed by atoms with Gasteiger partial charge in [-0.3, -0.25) is 19.2 Å². The van der Waals surface area contributed by atoms with Gasteiger partial charge in [0.15, 0.2) is 0 Å². The molecule has 11 heteroatoms. The van der Waals surface area contributed by atoms with E-state index in [9.17, 15) is 19.2 Å². The Bertz CT molecular complexity index is 1340. The highest BCUT2D eigenvalue weighted by atomic mass is 35.5. The number of para-hydroxylation sites is 1. The third-order valence-electron chi connectivity index (χ3n) is 8.70. The molecule has 0 aromatic heterocycles. The van der Waals surface area contributed by atoms with Gasteiger partial charge in [0.25, 0.3) is 11.8 Å². The van der Waals surface area contributed by atoms with Crippen LogP contribution in [-0.4, -0.2) is 71.3 Å². The zero-order chi connectivity index (χ0) is 29.9. The fraction of sp³-hybridized carbons (Fsp3) is 0.452. The Morgan fingerprint density at radius 2 is 1.69 bits per heavy atom. The second-order valence-electron chi connectivity index (χ2n) is 11.3. The Kier molecular flexibility index (Phi) is 9.28. The van der Waals surface area contributed by atoms with E-state index in [2.05, 4.69) is 10.2 Å². The number of likely N-dealkylation sites (tertiary alicyclic amines) is 1. The Labute approximate surface area is 256 Å². The average Bonchev–Trinajstić information content (AvgIpc) is 3.23. The van der Waals surface area contributed by atoms with Gasteiger partial charge >= 0.3 is 0 Å². The molecule has 223 valence electrons. The molecule has 2 aromatic rings. The summed E-state index contributed by atoms with van der Waals surface area (Å²) in [7, 11) is 0. The molecule has 0 bridgehead atoms. The summed E-state index contributed by atoms with van der Waals surface area (Å²) in [6.07, 6.45) is 8.00. The maximum Gasteiger partial charge on any atom is 0.251 e. The normalized spacial score (nSPS) is 18.9. The maximum absolute atomic E-state index is 14.0. The molecule has 1 aliphatic carbocycles. The minimum atomic E-state index is -0.834. The van der Waals surface area contributed by atoms with Crippen LogP contribution in [0.2, 0.25) is 10.0 Å². The summed E-state index contributed by atoms with van der Waals surface area (Å²) in [5, 5.41) is 3.43. The number of carbonyl (C=O) groups is 4. The molecule has 2 saturated heterocycles. The monoisotopic (exact) mass is 612 g/mol. The largest absolute Gasteiger partial charge is 0.366 e. The summed E-state index contributed by atoms with van der Waals surface area (Å²) in [6, 6.07) is 13.1. The number of carbonyl (C=O) groups excluding carboxylic acids is 4. The fourth-order valence-electron chi connectivity index (χ4n) is 6.42. The number of nitrogens with one attached hydrogen (secondary N) is 1. The number of nitrogens with two attached hydrogens (primary N) is 1. The second kappa shape index (κ2) is 12.9. The quantitative estimate of drug-likeness (QED) is 0.468. The number of halogens is 2. The van der Waals surface area contributed by atoms with Crippen LogP contribution in [0.3, 0.4) is 0 Å². The van der Waals surface area contributed by atoms with Crippen LogP contribution in [0.4, 0.5) is 5.69 Å². The second-order valence-corrected chi connectivity index (χ2v) is 12.1. The zero-order valence-electron chi connectivity index (χ0n) is 23.5. The SMILES string of the molecule is NC(=O)c1c(Cl)ccc(C[CH]C(=O)N2CCC3(CC2)C(=O)N(CC(=O)NC2CCCCC2)CN3c2ccccc2)c1Cl. The van der Waals surface area contributed by atoms with Crippen LogP contribution < -0.4 is 16.0 Å². The standard InChI is InChI=1S/C31H36Cl2N5O4/c32-24-13-11-21(28(33)27(24)29(34)41)12-14-26(40)36-17-15-31(16-18-36)30(42)37(20-38(31)23-9-5-2-6-10-23)19-25(39)35-22-7-3-1-4-8-22/h2,5-6,9-11,13-14,22H,1,3-4,7-8,12,15-20H2,(H2,34,41)(H,35,39). The lowest BCUT2D eigenvalue weighted by Gasteiger charge is -2.43. The highest BCUT2D eigenvalue weighted by Gasteiger charge is 2.54. The number of anilines is 1. The number of hydrogen-bond acceptors (Lipinski definition) is 5. The Balaban J connectivity index is 1.25. The molecule has 3 fully saturated rings. The van der Waals surface area contributed by atoms with E-state index in [1.807, 2.05) is 30.3 Å². The van der Waals surface area contributed by atoms with Crippen molar-refractivity contribution < 1.29 is 19.2 Å². The molecular weight excluding hydrogens is 577 g/mol. The van der Waals surface area contributed by atoms with Gasteiger partial charge in [-0.1, -0.05) is 66.7 Å². The first-order valence-electron chi connectivity index (χ1n) is 14.5. The molecule has 9 nitrogen and oxygen atoms in total. The minimum Gasteiger partial charge on any atom is -0.366 e. The number of primary amides is 1. The van der Waals surface area contributed by atoms with Crippen molar-refractivity contribution in [2.24, 2.45) is 5.73 Å². The van der Waals surface area contributed by atoms with Gasteiger partial charge in [0.1, 0.15) is 12.1 Å². The van der Waals surface area contributed by atoms with Gasteiger partial charge in [-0.25, -0.2) is 0 Å². The van der Waals surface area contributed by atoms with Crippen LogP contribution in [0, 0.1) is 6.42 Å². The molecule has 5 rings (SSSR count). The van der Waals surface area contributed by atoms with E-state index >= 15 is 0 Å². The molecule has 1 spiro atoms. The van der Waals surface area contributed by atoms with E-state index in [0.29, 0.717) is 38.2 Å². The Morgan fingerprint density at radius 3 is 2.36 bits per heavy atom. The van der Waals surface area contributed by atoms with Crippen molar-refractivity contribution >= 4 is 52.5 Å². The summed E-state index contributed by atoms with van der Waals surface area (Å²) in [6.45, 7) is 1.10. The van der Waals surface area contributed by atoms with Gasteiger partial charge in [-0.15, -0.1) is 0 Å². The predicted molar refractivity (Wildman–Crippen MR) is 162 cm³/mol. The molecule has 3 N–H and O–H groups in total. The van der Waals surface area contributed by atoms with Crippen LogP contribution in [0.15, 0.2) is 42.5 Å². The fourth-order valence-corrected chi connectivity index (χ4v) is 7.05.